The maximum absolute atomic E-state index is 14.4. The zero-order valence-corrected chi connectivity index (χ0v) is 18.7. The largest absolute Gasteiger partial charge is 0.417 e. The summed E-state index contributed by atoms with van der Waals surface area (Å²) in [6.07, 6.45) is -3.49. The van der Waals surface area contributed by atoms with Gasteiger partial charge in [-0.15, -0.1) is 0 Å². The SMILES string of the molecule is O=C(Nc1ccc(F)cc1)c1cc(-c2cccc3c(-c4cccc(F)c4F)ncn23)ccc1C(F)(F)F. The Labute approximate surface area is 205 Å². The molecular formula is C27H15F6N3O. The van der Waals surface area contributed by atoms with Crippen molar-refractivity contribution in [2.75, 3.05) is 5.32 Å². The van der Waals surface area contributed by atoms with Crippen molar-refractivity contribution in [2.24, 2.45) is 0 Å². The highest BCUT2D eigenvalue weighted by Crippen LogP contribution is 2.36. The van der Waals surface area contributed by atoms with Crippen LogP contribution in [0.1, 0.15) is 15.9 Å². The number of imidazole rings is 1. The molecule has 37 heavy (non-hydrogen) atoms. The van der Waals surface area contributed by atoms with Crippen LogP contribution in [0, 0.1) is 17.5 Å². The number of rotatable bonds is 4. The standard InChI is InChI=1S/C27H15F6N3O/c28-16-8-10-17(11-9-16)35-26(37)19-13-15(7-12-20(19)27(31,32)33)22-5-2-6-23-25(34-14-36(22)23)18-3-1-4-21(29)24(18)30/h1-14H,(H,35,37). The molecule has 2 aromatic heterocycles. The Balaban J connectivity index is 1.61. The Kier molecular flexibility index (Phi) is 5.94. The highest BCUT2D eigenvalue weighted by atomic mass is 19.4. The number of amides is 1. The second-order valence-electron chi connectivity index (χ2n) is 8.08. The molecule has 1 amide bonds. The normalized spacial score (nSPS) is 11.6. The smallest absolute Gasteiger partial charge is 0.322 e. The lowest BCUT2D eigenvalue weighted by Gasteiger charge is -2.15. The van der Waals surface area contributed by atoms with Gasteiger partial charge in [-0.3, -0.25) is 9.20 Å². The minimum Gasteiger partial charge on any atom is -0.322 e. The van der Waals surface area contributed by atoms with Gasteiger partial charge in [0.2, 0.25) is 0 Å². The molecule has 1 N–H and O–H groups in total. The second kappa shape index (κ2) is 9.12. The number of aromatic nitrogens is 2. The van der Waals surface area contributed by atoms with Crippen molar-refractivity contribution in [2.45, 2.75) is 6.18 Å². The number of carbonyl (C=O) groups excluding carboxylic acids is 1. The van der Waals surface area contributed by atoms with Crippen molar-refractivity contribution >= 4 is 17.1 Å². The van der Waals surface area contributed by atoms with E-state index in [9.17, 15) is 31.1 Å². The van der Waals surface area contributed by atoms with Gasteiger partial charge in [0.15, 0.2) is 11.6 Å². The minimum absolute atomic E-state index is 0.0774. The van der Waals surface area contributed by atoms with E-state index in [1.54, 1.807) is 18.2 Å². The summed E-state index contributed by atoms with van der Waals surface area (Å²) in [5.74, 6) is -3.74. The van der Waals surface area contributed by atoms with Gasteiger partial charge in [0.25, 0.3) is 5.91 Å². The van der Waals surface area contributed by atoms with Gasteiger partial charge >= 0.3 is 6.18 Å². The average Bonchev–Trinajstić information content (AvgIpc) is 3.30. The zero-order valence-electron chi connectivity index (χ0n) is 18.7. The number of pyridine rings is 1. The first-order valence-electron chi connectivity index (χ1n) is 10.8. The number of fused-ring (bicyclic) bond motifs is 1. The van der Waals surface area contributed by atoms with Crippen LogP contribution in [-0.2, 0) is 6.18 Å². The lowest BCUT2D eigenvalue weighted by atomic mass is 10.00. The van der Waals surface area contributed by atoms with E-state index in [4.69, 9.17) is 0 Å². The van der Waals surface area contributed by atoms with E-state index in [-0.39, 0.29) is 22.5 Å². The molecule has 4 nitrogen and oxygen atoms in total. The number of alkyl halides is 3. The number of hydrogen-bond acceptors (Lipinski definition) is 2. The van der Waals surface area contributed by atoms with Crippen molar-refractivity contribution in [3.63, 3.8) is 0 Å². The summed E-state index contributed by atoms with van der Waals surface area (Å²) < 4.78 is 84.1. The van der Waals surface area contributed by atoms with Gasteiger partial charge in [0.1, 0.15) is 12.1 Å². The molecule has 0 fully saturated rings. The van der Waals surface area contributed by atoms with Crippen LogP contribution in [0.5, 0.6) is 0 Å². The molecule has 0 unspecified atom stereocenters. The predicted molar refractivity (Wildman–Crippen MR) is 125 cm³/mol. The van der Waals surface area contributed by atoms with Crippen molar-refractivity contribution in [3.8, 4) is 22.5 Å². The van der Waals surface area contributed by atoms with Gasteiger partial charge < -0.3 is 5.32 Å². The molecule has 0 bridgehead atoms. The van der Waals surface area contributed by atoms with Crippen LogP contribution in [0.15, 0.2) is 85.2 Å². The van der Waals surface area contributed by atoms with Crippen LogP contribution in [0.25, 0.3) is 28.0 Å². The zero-order chi connectivity index (χ0) is 26.3. The van der Waals surface area contributed by atoms with E-state index in [1.165, 1.54) is 41.1 Å². The van der Waals surface area contributed by atoms with Gasteiger partial charge in [-0.05, 0) is 66.2 Å². The Morgan fingerprint density at radius 2 is 1.59 bits per heavy atom. The third-order valence-electron chi connectivity index (χ3n) is 5.75. The third kappa shape index (κ3) is 4.53. The summed E-state index contributed by atoms with van der Waals surface area (Å²) in [5, 5.41) is 2.35. The van der Waals surface area contributed by atoms with E-state index in [0.717, 1.165) is 30.3 Å². The summed E-state index contributed by atoms with van der Waals surface area (Å²) in [4.78, 5) is 17.1. The second-order valence-corrected chi connectivity index (χ2v) is 8.08. The van der Waals surface area contributed by atoms with E-state index in [1.807, 2.05) is 0 Å². The van der Waals surface area contributed by atoms with Crippen molar-refractivity contribution in [1.82, 2.24) is 9.38 Å². The molecule has 0 radical (unpaired) electrons. The molecule has 0 aliphatic carbocycles. The first-order chi connectivity index (χ1) is 17.6. The van der Waals surface area contributed by atoms with E-state index >= 15 is 0 Å². The fraction of sp³-hybridized carbons (Fsp3) is 0.0370. The fourth-order valence-corrected chi connectivity index (χ4v) is 4.02. The molecule has 0 saturated heterocycles. The number of nitrogens with zero attached hydrogens (tertiary/aromatic N) is 2. The van der Waals surface area contributed by atoms with Gasteiger partial charge in [0.05, 0.1) is 28.0 Å². The maximum atomic E-state index is 14.4. The molecule has 2 heterocycles. The topological polar surface area (TPSA) is 46.4 Å². The molecule has 0 saturated carbocycles. The quantitative estimate of drug-likeness (QED) is 0.256. The number of nitrogens with one attached hydrogen (secondary N) is 1. The molecule has 3 aromatic carbocycles. The molecular weight excluding hydrogens is 496 g/mol. The Morgan fingerprint density at radius 3 is 2.32 bits per heavy atom. The minimum atomic E-state index is -4.82. The van der Waals surface area contributed by atoms with E-state index in [0.29, 0.717) is 11.2 Å². The van der Waals surface area contributed by atoms with Gasteiger partial charge in [-0.2, -0.15) is 13.2 Å². The monoisotopic (exact) mass is 511 g/mol. The summed E-state index contributed by atoms with van der Waals surface area (Å²) in [7, 11) is 0. The predicted octanol–water partition coefficient (Wildman–Crippen LogP) is 7.36. The summed E-state index contributed by atoms with van der Waals surface area (Å²) in [5.41, 5.74) is -0.655. The lowest BCUT2D eigenvalue weighted by molar-refractivity contribution is -0.137. The van der Waals surface area contributed by atoms with Gasteiger partial charge in [0, 0.05) is 11.3 Å². The molecule has 10 heteroatoms. The Morgan fingerprint density at radius 1 is 0.865 bits per heavy atom. The van der Waals surface area contributed by atoms with Crippen LogP contribution in [0.3, 0.4) is 0 Å². The molecule has 0 aliphatic heterocycles. The molecule has 5 rings (SSSR count). The van der Waals surface area contributed by atoms with Crippen LogP contribution in [0.4, 0.5) is 32.0 Å². The fourth-order valence-electron chi connectivity index (χ4n) is 4.02. The van der Waals surface area contributed by atoms with Gasteiger partial charge in [-0.1, -0.05) is 18.2 Å². The van der Waals surface area contributed by atoms with Crippen LogP contribution >= 0.6 is 0 Å². The molecule has 186 valence electrons. The lowest BCUT2D eigenvalue weighted by Crippen LogP contribution is -2.19. The number of anilines is 1. The molecule has 0 atom stereocenters. The molecule has 5 aromatic rings. The third-order valence-corrected chi connectivity index (χ3v) is 5.75. The summed E-state index contributed by atoms with van der Waals surface area (Å²) in [6, 6.07) is 16.1. The van der Waals surface area contributed by atoms with Crippen LogP contribution in [-0.4, -0.2) is 15.3 Å². The van der Waals surface area contributed by atoms with Crippen LogP contribution in [0.2, 0.25) is 0 Å². The highest BCUT2D eigenvalue weighted by molar-refractivity contribution is 6.06. The first-order valence-corrected chi connectivity index (χ1v) is 10.8. The first kappa shape index (κ1) is 24.1. The highest BCUT2D eigenvalue weighted by Gasteiger charge is 2.35. The molecule has 0 aliphatic rings. The van der Waals surface area contributed by atoms with Crippen molar-refractivity contribution in [3.05, 3.63) is 114 Å². The summed E-state index contributed by atoms with van der Waals surface area (Å²) >= 11 is 0. The Hall–Kier alpha value is -4.60. The van der Waals surface area contributed by atoms with Crippen LogP contribution < -0.4 is 5.32 Å². The number of benzene rings is 3. The summed E-state index contributed by atoms with van der Waals surface area (Å²) in [6.45, 7) is 0. The average molecular weight is 511 g/mol. The maximum Gasteiger partial charge on any atom is 0.417 e. The number of hydrogen-bond donors (Lipinski definition) is 1. The van der Waals surface area contributed by atoms with Crippen molar-refractivity contribution < 1.29 is 31.1 Å². The molecule has 0 spiro atoms. The van der Waals surface area contributed by atoms with Crippen molar-refractivity contribution in [1.29, 1.82) is 0 Å². The number of carbonyl (C=O) groups is 1. The van der Waals surface area contributed by atoms with E-state index in [2.05, 4.69) is 10.3 Å². The van der Waals surface area contributed by atoms with Gasteiger partial charge in [-0.25, -0.2) is 18.2 Å². The van der Waals surface area contributed by atoms with E-state index < -0.39 is 40.7 Å². The Bertz CT molecular complexity index is 1640. The number of halogens is 6.